The van der Waals surface area contributed by atoms with Crippen molar-refractivity contribution >= 4 is 5.82 Å². The third-order valence-electron chi connectivity index (χ3n) is 3.93. The lowest BCUT2D eigenvalue weighted by Crippen LogP contribution is -2.00. The molecule has 2 aromatic heterocycles. The van der Waals surface area contributed by atoms with Crippen molar-refractivity contribution in [1.29, 1.82) is 5.26 Å². The maximum Gasteiger partial charge on any atom is 0.142 e. The van der Waals surface area contributed by atoms with E-state index in [0.29, 0.717) is 22.5 Å². The average molecular weight is 319 g/mol. The van der Waals surface area contributed by atoms with Gasteiger partial charge < -0.3 is 10.8 Å². The number of benzene rings is 1. The van der Waals surface area contributed by atoms with Gasteiger partial charge in [0.25, 0.3) is 0 Å². The standard InChI is InChI=1S/C18H17N5O/c1-3-11-7-17(23-22-11)14-8-16(21-18(20)15(14)9-19)13-5-4-12(24)6-10(13)2/h4-8,24H,3H2,1-2H3,(H2,20,21)(H,22,23). The number of anilines is 1. The zero-order valence-electron chi connectivity index (χ0n) is 13.5. The van der Waals surface area contributed by atoms with Crippen LogP contribution in [0.3, 0.4) is 0 Å². The van der Waals surface area contributed by atoms with E-state index in [1.54, 1.807) is 18.2 Å². The number of aryl methyl sites for hydroxylation is 2. The summed E-state index contributed by atoms with van der Waals surface area (Å²) in [5, 5.41) is 26.2. The minimum absolute atomic E-state index is 0.165. The molecule has 0 fully saturated rings. The van der Waals surface area contributed by atoms with Crippen LogP contribution < -0.4 is 5.73 Å². The molecule has 0 spiro atoms. The van der Waals surface area contributed by atoms with Crippen molar-refractivity contribution in [3.8, 4) is 34.3 Å². The van der Waals surface area contributed by atoms with E-state index in [1.165, 1.54) is 0 Å². The van der Waals surface area contributed by atoms with E-state index < -0.39 is 0 Å². The Bertz CT molecular complexity index is 953. The number of H-pyrrole nitrogens is 1. The predicted octanol–water partition coefficient (Wildman–Crippen LogP) is 3.17. The van der Waals surface area contributed by atoms with Crippen molar-refractivity contribution in [3.05, 3.63) is 47.2 Å². The van der Waals surface area contributed by atoms with Crippen molar-refractivity contribution in [1.82, 2.24) is 15.2 Å². The number of nitrogens with two attached hydrogens (primary N) is 1. The highest BCUT2D eigenvalue weighted by Gasteiger charge is 2.16. The summed E-state index contributed by atoms with van der Waals surface area (Å²) in [5.41, 5.74) is 11.0. The van der Waals surface area contributed by atoms with Gasteiger partial charge in [0.2, 0.25) is 0 Å². The number of hydrogen-bond acceptors (Lipinski definition) is 5. The summed E-state index contributed by atoms with van der Waals surface area (Å²) in [6.45, 7) is 3.91. The SMILES string of the molecule is CCc1cc(-c2cc(-c3ccc(O)cc3C)nc(N)c2C#N)n[nH]1. The zero-order valence-corrected chi connectivity index (χ0v) is 13.5. The summed E-state index contributed by atoms with van der Waals surface area (Å²) in [7, 11) is 0. The highest BCUT2D eigenvalue weighted by atomic mass is 16.3. The van der Waals surface area contributed by atoms with Gasteiger partial charge in [-0.2, -0.15) is 10.4 Å². The first-order valence-electron chi connectivity index (χ1n) is 7.58. The number of rotatable bonds is 3. The molecule has 6 nitrogen and oxygen atoms in total. The van der Waals surface area contributed by atoms with Gasteiger partial charge in [0, 0.05) is 16.8 Å². The second-order valence-corrected chi connectivity index (χ2v) is 5.56. The zero-order chi connectivity index (χ0) is 17.3. The number of phenolic OH excluding ortho intramolecular Hbond substituents is 1. The summed E-state index contributed by atoms with van der Waals surface area (Å²) in [6, 6.07) is 10.9. The number of hydrogen-bond donors (Lipinski definition) is 3. The van der Waals surface area contributed by atoms with Crippen molar-refractivity contribution < 1.29 is 5.11 Å². The molecule has 6 heteroatoms. The predicted molar refractivity (Wildman–Crippen MR) is 92.2 cm³/mol. The molecule has 0 atom stereocenters. The maximum atomic E-state index is 9.58. The summed E-state index contributed by atoms with van der Waals surface area (Å²) >= 11 is 0. The van der Waals surface area contributed by atoms with Crippen molar-refractivity contribution in [2.75, 3.05) is 5.73 Å². The largest absolute Gasteiger partial charge is 0.508 e. The molecule has 0 amide bonds. The smallest absolute Gasteiger partial charge is 0.142 e. The lowest BCUT2D eigenvalue weighted by atomic mass is 9.99. The van der Waals surface area contributed by atoms with Gasteiger partial charge in [-0.25, -0.2) is 4.98 Å². The summed E-state index contributed by atoms with van der Waals surface area (Å²) in [4.78, 5) is 4.35. The Kier molecular flexibility index (Phi) is 3.92. The van der Waals surface area contributed by atoms with E-state index in [0.717, 1.165) is 23.2 Å². The molecule has 0 aliphatic heterocycles. The Labute approximate surface area is 139 Å². The van der Waals surface area contributed by atoms with Crippen LogP contribution in [0.2, 0.25) is 0 Å². The van der Waals surface area contributed by atoms with Gasteiger partial charge in [-0.15, -0.1) is 0 Å². The van der Waals surface area contributed by atoms with Crippen LogP contribution in [0.1, 0.15) is 23.7 Å². The lowest BCUT2D eigenvalue weighted by Gasteiger charge is -2.10. The number of aromatic hydroxyl groups is 1. The summed E-state index contributed by atoms with van der Waals surface area (Å²) in [6.07, 6.45) is 0.819. The number of aromatic amines is 1. The van der Waals surface area contributed by atoms with Crippen molar-refractivity contribution in [2.24, 2.45) is 0 Å². The van der Waals surface area contributed by atoms with Crippen LogP contribution in [0.5, 0.6) is 5.75 Å². The monoisotopic (exact) mass is 319 g/mol. The number of nitriles is 1. The third-order valence-corrected chi connectivity index (χ3v) is 3.93. The fourth-order valence-corrected chi connectivity index (χ4v) is 2.64. The molecular formula is C18H17N5O. The number of phenols is 1. The van der Waals surface area contributed by atoms with E-state index in [2.05, 4.69) is 21.3 Å². The van der Waals surface area contributed by atoms with Gasteiger partial charge in [-0.1, -0.05) is 6.92 Å². The highest BCUT2D eigenvalue weighted by molar-refractivity contribution is 5.79. The van der Waals surface area contributed by atoms with Crippen molar-refractivity contribution in [3.63, 3.8) is 0 Å². The van der Waals surface area contributed by atoms with E-state index in [9.17, 15) is 10.4 Å². The molecule has 0 aliphatic carbocycles. The molecule has 3 aromatic rings. The average Bonchev–Trinajstić information content (AvgIpc) is 3.03. The Morgan fingerprint density at radius 1 is 1.21 bits per heavy atom. The molecular weight excluding hydrogens is 302 g/mol. The quantitative estimate of drug-likeness (QED) is 0.686. The normalized spacial score (nSPS) is 10.5. The van der Waals surface area contributed by atoms with Gasteiger partial charge in [-0.3, -0.25) is 5.10 Å². The van der Waals surface area contributed by atoms with Crippen LogP contribution >= 0.6 is 0 Å². The maximum absolute atomic E-state index is 9.58. The highest BCUT2D eigenvalue weighted by Crippen LogP contribution is 2.32. The Balaban J connectivity index is 2.22. The van der Waals surface area contributed by atoms with Gasteiger partial charge >= 0.3 is 0 Å². The molecule has 120 valence electrons. The molecule has 1 aromatic carbocycles. The second kappa shape index (κ2) is 6.05. The number of pyridine rings is 1. The molecule has 0 saturated carbocycles. The number of nitrogen functional groups attached to an aromatic ring is 1. The fourth-order valence-electron chi connectivity index (χ4n) is 2.64. The molecule has 0 bridgehead atoms. The number of nitrogens with zero attached hydrogens (tertiary/aromatic N) is 3. The minimum Gasteiger partial charge on any atom is -0.508 e. The van der Waals surface area contributed by atoms with Crippen molar-refractivity contribution in [2.45, 2.75) is 20.3 Å². The van der Waals surface area contributed by atoms with Gasteiger partial charge in [-0.05, 0) is 49.2 Å². The number of aromatic nitrogens is 3. The molecule has 0 radical (unpaired) electrons. The molecule has 0 saturated heterocycles. The van der Waals surface area contributed by atoms with Crippen LogP contribution in [0.25, 0.3) is 22.5 Å². The summed E-state index contributed by atoms with van der Waals surface area (Å²) < 4.78 is 0. The number of nitrogens with one attached hydrogen (secondary N) is 1. The van der Waals surface area contributed by atoms with Crippen LogP contribution in [0.15, 0.2) is 30.3 Å². The van der Waals surface area contributed by atoms with Gasteiger partial charge in [0.15, 0.2) is 0 Å². The first kappa shape index (κ1) is 15.6. The Morgan fingerprint density at radius 2 is 2.00 bits per heavy atom. The van der Waals surface area contributed by atoms with Gasteiger partial charge in [0.1, 0.15) is 23.2 Å². The van der Waals surface area contributed by atoms with Crippen LogP contribution in [0, 0.1) is 18.3 Å². The second-order valence-electron chi connectivity index (χ2n) is 5.56. The van der Waals surface area contributed by atoms with Crippen LogP contribution in [-0.2, 0) is 6.42 Å². The fraction of sp³-hybridized carbons (Fsp3) is 0.167. The molecule has 0 aliphatic rings. The van der Waals surface area contributed by atoms with E-state index in [1.807, 2.05) is 26.0 Å². The Morgan fingerprint density at radius 3 is 2.62 bits per heavy atom. The first-order chi connectivity index (χ1) is 11.5. The van der Waals surface area contributed by atoms with E-state index >= 15 is 0 Å². The topological polar surface area (TPSA) is 112 Å². The minimum atomic E-state index is 0.165. The van der Waals surface area contributed by atoms with E-state index in [-0.39, 0.29) is 11.6 Å². The molecule has 24 heavy (non-hydrogen) atoms. The molecule has 3 rings (SSSR count). The third kappa shape index (κ3) is 2.68. The van der Waals surface area contributed by atoms with Crippen LogP contribution in [0.4, 0.5) is 5.82 Å². The molecule has 0 unspecified atom stereocenters. The Hall–Kier alpha value is -3.33. The summed E-state index contributed by atoms with van der Waals surface area (Å²) in [5.74, 6) is 0.358. The first-order valence-corrected chi connectivity index (χ1v) is 7.58. The molecule has 4 N–H and O–H groups in total. The van der Waals surface area contributed by atoms with E-state index in [4.69, 9.17) is 5.73 Å². The van der Waals surface area contributed by atoms with Crippen LogP contribution in [-0.4, -0.2) is 20.3 Å². The lowest BCUT2D eigenvalue weighted by molar-refractivity contribution is 0.475. The van der Waals surface area contributed by atoms with Gasteiger partial charge in [0.05, 0.1) is 11.4 Å². The molecule has 2 heterocycles.